The number of nitrogens with two attached hydrogens (primary N) is 1. The van der Waals surface area contributed by atoms with Gasteiger partial charge in [-0.2, -0.15) is 10.2 Å². The lowest BCUT2D eigenvalue weighted by atomic mass is 10.1. The van der Waals surface area contributed by atoms with E-state index in [1.165, 1.54) is 5.56 Å². The summed E-state index contributed by atoms with van der Waals surface area (Å²) in [5, 5.41) is 14.4. The number of hydrogen-bond donors (Lipinski definition) is 3. The van der Waals surface area contributed by atoms with Gasteiger partial charge in [-0.3, -0.25) is 9.78 Å². The van der Waals surface area contributed by atoms with Crippen LogP contribution in [-0.4, -0.2) is 26.5 Å². The Morgan fingerprint density at radius 2 is 2.35 bits per heavy atom. The maximum Gasteiger partial charge on any atom is 0.171 e. The second-order valence-electron chi connectivity index (χ2n) is 4.16. The van der Waals surface area contributed by atoms with E-state index >= 15 is 0 Å². The van der Waals surface area contributed by atoms with Crippen LogP contribution in [0.3, 0.4) is 0 Å². The molecule has 6 heteroatoms. The lowest BCUT2D eigenvalue weighted by Crippen LogP contribution is -2.05. The van der Waals surface area contributed by atoms with E-state index in [9.17, 15) is 0 Å². The minimum Gasteiger partial charge on any atom is -0.394 e. The average Bonchev–Trinajstić information content (AvgIpc) is 2.81. The predicted molar refractivity (Wildman–Crippen MR) is 67.8 cm³/mol. The number of H-pyrrole nitrogens is 1. The zero-order valence-corrected chi connectivity index (χ0v) is 10.2. The van der Waals surface area contributed by atoms with Crippen LogP contribution >= 0.6 is 0 Å². The van der Waals surface area contributed by atoms with Crippen molar-refractivity contribution < 1.29 is 0 Å². The lowest BCUT2D eigenvalue weighted by molar-refractivity contribution is 0.764. The number of rotatable bonds is 5. The van der Waals surface area contributed by atoms with Gasteiger partial charge >= 0.3 is 0 Å². The fraction of sp³-hybridized carbons (Fsp3) is 0.455. The van der Waals surface area contributed by atoms with Crippen LogP contribution in [0.1, 0.15) is 17.7 Å². The molecule has 0 saturated heterocycles. The minimum absolute atomic E-state index is 0.687. The van der Waals surface area contributed by atoms with Crippen LogP contribution in [0, 0.1) is 6.92 Å². The highest BCUT2D eigenvalue weighted by atomic mass is 15.3. The molecule has 17 heavy (non-hydrogen) atoms. The molecule has 2 aromatic rings. The van der Waals surface area contributed by atoms with E-state index < -0.39 is 0 Å². The Hall–Kier alpha value is -1.98. The SMILES string of the molecule is Cc1[nH]ncc1CCCNc1nn(C)cc1N. The van der Waals surface area contributed by atoms with Gasteiger partial charge in [0.25, 0.3) is 0 Å². The lowest BCUT2D eigenvalue weighted by Gasteiger charge is -2.03. The molecule has 0 atom stereocenters. The quantitative estimate of drug-likeness (QED) is 0.676. The average molecular weight is 234 g/mol. The van der Waals surface area contributed by atoms with Crippen LogP contribution in [0.4, 0.5) is 11.5 Å². The van der Waals surface area contributed by atoms with Crippen molar-refractivity contribution in [2.24, 2.45) is 7.05 Å². The van der Waals surface area contributed by atoms with E-state index in [0.29, 0.717) is 5.69 Å². The first-order valence-electron chi connectivity index (χ1n) is 5.68. The molecule has 6 nitrogen and oxygen atoms in total. The second kappa shape index (κ2) is 4.90. The Balaban J connectivity index is 1.77. The summed E-state index contributed by atoms with van der Waals surface area (Å²) >= 11 is 0. The second-order valence-corrected chi connectivity index (χ2v) is 4.16. The van der Waals surface area contributed by atoms with E-state index in [0.717, 1.165) is 30.9 Å². The molecule has 2 heterocycles. The van der Waals surface area contributed by atoms with Crippen molar-refractivity contribution in [3.63, 3.8) is 0 Å². The summed E-state index contributed by atoms with van der Waals surface area (Å²) in [5.74, 6) is 0.761. The highest BCUT2D eigenvalue weighted by molar-refractivity contribution is 5.59. The number of hydrogen-bond acceptors (Lipinski definition) is 4. The Bertz CT molecular complexity index is 484. The van der Waals surface area contributed by atoms with Crippen molar-refractivity contribution in [2.45, 2.75) is 19.8 Å². The third-order valence-corrected chi connectivity index (χ3v) is 2.71. The van der Waals surface area contributed by atoms with Gasteiger partial charge in [0.15, 0.2) is 5.82 Å². The molecule has 0 bridgehead atoms. The normalized spacial score (nSPS) is 10.7. The van der Waals surface area contributed by atoms with Gasteiger partial charge in [-0.05, 0) is 25.3 Å². The molecular formula is C11H18N6. The summed E-state index contributed by atoms with van der Waals surface area (Å²) in [4.78, 5) is 0. The molecular weight excluding hydrogens is 216 g/mol. The molecule has 0 aliphatic rings. The van der Waals surface area contributed by atoms with Gasteiger partial charge in [-0.25, -0.2) is 0 Å². The summed E-state index contributed by atoms with van der Waals surface area (Å²) in [6.45, 7) is 2.89. The van der Waals surface area contributed by atoms with Crippen LogP contribution in [0.25, 0.3) is 0 Å². The molecule has 0 radical (unpaired) electrons. The Morgan fingerprint density at radius 1 is 1.53 bits per heavy atom. The highest BCUT2D eigenvalue weighted by Crippen LogP contribution is 2.14. The van der Waals surface area contributed by atoms with Crippen molar-refractivity contribution in [2.75, 3.05) is 17.6 Å². The van der Waals surface area contributed by atoms with Crippen LogP contribution in [0.5, 0.6) is 0 Å². The van der Waals surface area contributed by atoms with Crippen LogP contribution in [0.15, 0.2) is 12.4 Å². The number of nitrogen functional groups attached to an aromatic ring is 1. The predicted octanol–water partition coefficient (Wildman–Crippen LogP) is 1.08. The third kappa shape index (κ3) is 2.77. The van der Waals surface area contributed by atoms with Crippen molar-refractivity contribution in [3.8, 4) is 0 Å². The van der Waals surface area contributed by atoms with Crippen LogP contribution in [0.2, 0.25) is 0 Å². The molecule has 2 aromatic heterocycles. The molecule has 0 spiro atoms. The summed E-state index contributed by atoms with van der Waals surface area (Å²) < 4.78 is 1.71. The molecule has 0 aliphatic carbocycles. The Labute approximate surface area is 100 Å². The van der Waals surface area contributed by atoms with Gasteiger partial charge in [-0.1, -0.05) is 0 Å². The van der Waals surface area contributed by atoms with E-state index in [2.05, 4.69) is 20.6 Å². The van der Waals surface area contributed by atoms with Crippen molar-refractivity contribution in [1.29, 1.82) is 0 Å². The molecule has 4 N–H and O–H groups in total. The summed E-state index contributed by atoms with van der Waals surface area (Å²) in [6, 6.07) is 0. The van der Waals surface area contributed by atoms with E-state index in [-0.39, 0.29) is 0 Å². The van der Waals surface area contributed by atoms with Gasteiger partial charge < -0.3 is 11.1 Å². The maximum atomic E-state index is 5.78. The molecule has 2 rings (SSSR count). The highest BCUT2D eigenvalue weighted by Gasteiger charge is 2.03. The van der Waals surface area contributed by atoms with Gasteiger partial charge in [0.05, 0.1) is 11.9 Å². The minimum atomic E-state index is 0.687. The van der Waals surface area contributed by atoms with Crippen LogP contribution in [-0.2, 0) is 13.5 Å². The molecule has 0 aliphatic heterocycles. The smallest absolute Gasteiger partial charge is 0.171 e. The molecule has 0 saturated carbocycles. The van der Waals surface area contributed by atoms with E-state index in [1.807, 2.05) is 20.2 Å². The Morgan fingerprint density at radius 3 is 2.94 bits per heavy atom. The maximum absolute atomic E-state index is 5.78. The van der Waals surface area contributed by atoms with Gasteiger partial charge in [-0.15, -0.1) is 0 Å². The fourth-order valence-electron chi connectivity index (χ4n) is 1.76. The molecule has 0 unspecified atom stereocenters. The first kappa shape index (κ1) is 11.5. The van der Waals surface area contributed by atoms with Crippen molar-refractivity contribution in [3.05, 3.63) is 23.7 Å². The molecule has 92 valence electrons. The first-order chi connectivity index (χ1) is 8.16. The summed E-state index contributed by atoms with van der Waals surface area (Å²) in [6.07, 6.45) is 5.70. The van der Waals surface area contributed by atoms with Crippen molar-refractivity contribution >= 4 is 11.5 Å². The topological polar surface area (TPSA) is 84.5 Å². The fourth-order valence-corrected chi connectivity index (χ4v) is 1.76. The number of nitrogens with zero attached hydrogens (tertiary/aromatic N) is 3. The van der Waals surface area contributed by atoms with E-state index in [4.69, 9.17) is 5.73 Å². The number of aryl methyl sites for hydroxylation is 3. The molecule has 0 amide bonds. The zero-order chi connectivity index (χ0) is 12.3. The number of nitrogens with one attached hydrogen (secondary N) is 2. The van der Waals surface area contributed by atoms with Gasteiger partial charge in [0.2, 0.25) is 0 Å². The summed E-state index contributed by atoms with van der Waals surface area (Å²) in [7, 11) is 1.86. The van der Waals surface area contributed by atoms with Crippen LogP contribution < -0.4 is 11.1 Å². The number of aromatic amines is 1. The van der Waals surface area contributed by atoms with E-state index in [1.54, 1.807) is 10.9 Å². The van der Waals surface area contributed by atoms with Gasteiger partial charge in [0, 0.05) is 25.5 Å². The monoisotopic (exact) mass is 234 g/mol. The van der Waals surface area contributed by atoms with Gasteiger partial charge in [0.1, 0.15) is 0 Å². The largest absolute Gasteiger partial charge is 0.394 e. The first-order valence-corrected chi connectivity index (χ1v) is 5.68. The molecule has 0 fully saturated rings. The molecule has 0 aromatic carbocycles. The third-order valence-electron chi connectivity index (χ3n) is 2.71. The number of aromatic nitrogens is 4. The van der Waals surface area contributed by atoms with Crippen molar-refractivity contribution in [1.82, 2.24) is 20.0 Å². The number of anilines is 2. The standard InChI is InChI=1S/C11H18N6/c1-8-9(6-14-15-8)4-3-5-13-11-10(12)7-17(2)16-11/h6-7H,3-5,12H2,1-2H3,(H,13,16)(H,14,15). The Kier molecular flexibility index (Phi) is 3.32. The summed E-state index contributed by atoms with van der Waals surface area (Å²) in [5.41, 5.74) is 8.87. The zero-order valence-electron chi connectivity index (χ0n) is 10.2.